The van der Waals surface area contributed by atoms with Crippen molar-refractivity contribution in [3.63, 3.8) is 0 Å². The van der Waals surface area contributed by atoms with E-state index in [9.17, 15) is 4.79 Å². The molecule has 0 rings (SSSR count). The van der Waals surface area contributed by atoms with Crippen LogP contribution >= 0.6 is 0 Å². The van der Waals surface area contributed by atoms with Crippen LogP contribution in [0.5, 0.6) is 0 Å². The molecular formula is C5H11NNaO. The van der Waals surface area contributed by atoms with E-state index in [-0.39, 0.29) is 35.5 Å². The Labute approximate surface area is 72.3 Å². The quantitative estimate of drug-likeness (QED) is 0.522. The Morgan fingerprint density at radius 1 is 1.62 bits per heavy atom. The van der Waals surface area contributed by atoms with Gasteiger partial charge in [0.25, 0.3) is 0 Å². The van der Waals surface area contributed by atoms with E-state index >= 15 is 0 Å². The maximum atomic E-state index is 10.1. The summed E-state index contributed by atoms with van der Waals surface area (Å²) in [6.45, 7) is 4.35. The van der Waals surface area contributed by atoms with Crippen LogP contribution in [0.2, 0.25) is 0 Å². The van der Waals surface area contributed by atoms with Crippen molar-refractivity contribution in [2.75, 3.05) is 6.54 Å². The Balaban J connectivity index is 0. The zero-order chi connectivity index (χ0) is 5.70. The van der Waals surface area contributed by atoms with Gasteiger partial charge < -0.3 is 5.32 Å². The number of carbonyl (C=O) groups is 1. The van der Waals surface area contributed by atoms with Crippen LogP contribution in [0.4, 0.5) is 0 Å². The Bertz CT molecular complexity index is 65.4. The molecule has 0 aromatic carbocycles. The number of amides is 1. The van der Waals surface area contributed by atoms with Crippen LogP contribution in [0.15, 0.2) is 0 Å². The summed E-state index contributed by atoms with van der Waals surface area (Å²) in [5.74, 6) is 0.0573. The van der Waals surface area contributed by atoms with Crippen LogP contribution in [0.3, 0.4) is 0 Å². The predicted molar refractivity (Wildman–Crippen MR) is 34.7 cm³/mol. The van der Waals surface area contributed by atoms with Crippen LogP contribution in [0.25, 0.3) is 0 Å². The van der Waals surface area contributed by atoms with Crippen molar-refractivity contribution in [3.05, 3.63) is 0 Å². The molecule has 0 aliphatic carbocycles. The van der Waals surface area contributed by atoms with Gasteiger partial charge in [-0.25, -0.2) is 0 Å². The summed E-state index contributed by atoms with van der Waals surface area (Å²) in [6.07, 6.45) is 1.01. The maximum Gasteiger partial charge on any atom is 0.216 e. The average Bonchev–Trinajstić information content (AvgIpc) is 1.61. The summed E-state index contributed by atoms with van der Waals surface area (Å²) in [6, 6.07) is 0. The molecule has 0 atom stereocenters. The Morgan fingerprint density at radius 3 is 2.25 bits per heavy atom. The SMILES string of the molecule is CCCNC(C)=O.[Na]. The summed E-state index contributed by atoms with van der Waals surface area (Å²) >= 11 is 0. The summed E-state index contributed by atoms with van der Waals surface area (Å²) in [5.41, 5.74) is 0. The molecule has 0 saturated heterocycles. The summed E-state index contributed by atoms with van der Waals surface area (Å²) in [5, 5.41) is 2.66. The van der Waals surface area contributed by atoms with E-state index < -0.39 is 0 Å². The van der Waals surface area contributed by atoms with Crippen LogP contribution < -0.4 is 5.32 Å². The minimum Gasteiger partial charge on any atom is -0.356 e. The number of hydrogen-bond acceptors (Lipinski definition) is 1. The maximum absolute atomic E-state index is 10.1. The molecule has 1 amide bonds. The van der Waals surface area contributed by atoms with Gasteiger partial charge in [-0.15, -0.1) is 0 Å². The Morgan fingerprint density at radius 2 is 2.12 bits per heavy atom. The van der Waals surface area contributed by atoms with Gasteiger partial charge in [0, 0.05) is 43.0 Å². The molecule has 0 spiro atoms. The van der Waals surface area contributed by atoms with Gasteiger partial charge in [0.05, 0.1) is 0 Å². The molecule has 2 nitrogen and oxygen atoms in total. The zero-order valence-electron chi connectivity index (χ0n) is 5.82. The third kappa shape index (κ3) is 9.69. The summed E-state index contributed by atoms with van der Waals surface area (Å²) in [4.78, 5) is 10.1. The van der Waals surface area contributed by atoms with Crippen LogP contribution in [0, 0.1) is 0 Å². The summed E-state index contributed by atoms with van der Waals surface area (Å²) < 4.78 is 0. The largest absolute Gasteiger partial charge is 0.356 e. The third-order valence-corrected chi connectivity index (χ3v) is 0.624. The Hall–Kier alpha value is 0.470. The van der Waals surface area contributed by atoms with E-state index in [1.54, 1.807) is 0 Å². The van der Waals surface area contributed by atoms with Gasteiger partial charge in [-0.2, -0.15) is 0 Å². The molecule has 0 unspecified atom stereocenters. The first-order valence-corrected chi connectivity index (χ1v) is 2.51. The fourth-order valence-electron chi connectivity index (χ4n) is 0.301. The second-order valence-electron chi connectivity index (χ2n) is 1.48. The predicted octanol–water partition coefficient (Wildman–Crippen LogP) is 0.152. The van der Waals surface area contributed by atoms with Crippen LogP contribution in [-0.4, -0.2) is 42.0 Å². The normalized spacial score (nSPS) is 7.25. The van der Waals surface area contributed by atoms with E-state index in [2.05, 4.69) is 5.32 Å². The van der Waals surface area contributed by atoms with Gasteiger partial charge >= 0.3 is 0 Å². The molecule has 0 aliphatic heterocycles. The van der Waals surface area contributed by atoms with Crippen molar-refractivity contribution >= 4 is 35.5 Å². The van der Waals surface area contributed by atoms with Gasteiger partial charge in [0.15, 0.2) is 0 Å². The first kappa shape index (κ1) is 11.3. The molecule has 43 valence electrons. The standard InChI is InChI=1S/C5H11NO.Na/c1-3-4-6-5(2)7;/h3-4H2,1-2H3,(H,6,7);. The molecule has 0 aromatic heterocycles. The molecule has 0 heterocycles. The molecule has 1 N–H and O–H groups in total. The number of nitrogens with one attached hydrogen (secondary N) is 1. The molecule has 8 heavy (non-hydrogen) atoms. The molecule has 0 aliphatic rings. The number of rotatable bonds is 2. The van der Waals surface area contributed by atoms with E-state index in [4.69, 9.17) is 0 Å². The molecular weight excluding hydrogens is 113 g/mol. The van der Waals surface area contributed by atoms with E-state index in [0.717, 1.165) is 13.0 Å². The molecule has 3 heteroatoms. The Kier molecular flexibility index (Phi) is 10.5. The van der Waals surface area contributed by atoms with Crippen LogP contribution in [-0.2, 0) is 4.79 Å². The first-order valence-electron chi connectivity index (χ1n) is 2.51. The van der Waals surface area contributed by atoms with Crippen molar-refractivity contribution in [1.82, 2.24) is 5.32 Å². The van der Waals surface area contributed by atoms with E-state index in [0.29, 0.717) is 0 Å². The smallest absolute Gasteiger partial charge is 0.216 e. The average molecular weight is 124 g/mol. The summed E-state index contributed by atoms with van der Waals surface area (Å²) in [7, 11) is 0. The van der Waals surface area contributed by atoms with Crippen molar-refractivity contribution in [2.45, 2.75) is 20.3 Å². The molecule has 0 fully saturated rings. The minimum atomic E-state index is 0. The fraction of sp³-hybridized carbons (Fsp3) is 0.800. The number of hydrogen-bond donors (Lipinski definition) is 1. The van der Waals surface area contributed by atoms with Gasteiger partial charge in [-0.3, -0.25) is 4.79 Å². The number of carbonyl (C=O) groups excluding carboxylic acids is 1. The fourth-order valence-corrected chi connectivity index (χ4v) is 0.301. The molecule has 0 saturated carbocycles. The van der Waals surface area contributed by atoms with E-state index in [1.807, 2.05) is 6.92 Å². The van der Waals surface area contributed by atoms with Gasteiger partial charge in [0.1, 0.15) is 0 Å². The topological polar surface area (TPSA) is 29.1 Å². The molecule has 1 radical (unpaired) electrons. The van der Waals surface area contributed by atoms with Gasteiger partial charge in [-0.05, 0) is 6.42 Å². The van der Waals surface area contributed by atoms with Gasteiger partial charge in [-0.1, -0.05) is 6.92 Å². The van der Waals surface area contributed by atoms with E-state index in [1.165, 1.54) is 6.92 Å². The third-order valence-electron chi connectivity index (χ3n) is 0.624. The minimum absolute atomic E-state index is 0. The molecule has 0 aromatic rings. The van der Waals surface area contributed by atoms with Crippen molar-refractivity contribution < 1.29 is 4.79 Å². The van der Waals surface area contributed by atoms with Crippen molar-refractivity contribution in [3.8, 4) is 0 Å². The van der Waals surface area contributed by atoms with Crippen LogP contribution in [0.1, 0.15) is 20.3 Å². The van der Waals surface area contributed by atoms with Crippen molar-refractivity contribution in [2.24, 2.45) is 0 Å². The monoisotopic (exact) mass is 124 g/mol. The van der Waals surface area contributed by atoms with Gasteiger partial charge in [0.2, 0.25) is 5.91 Å². The second-order valence-corrected chi connectivity index (χ2v) is 1.48. The van der Waals surface area contributed by atoms with Crippen molar-refractivity contribution in [1.29, 1.82) is 0 Å². The zero-order valence-corrected chi connectivity index (χ0v) is 7.82. The first-order chi connectivity index (χ1) is 3.27. The second kappa shape index (κ2) is 7.47. The molecule has 0 bridgehead atoms.